The first kappa shape index (κ1) is 36.9. The number of pyridine rings is 2. The molecule has 16 heteroatoms. The van der Waals surface area contributed by atoms with Crippen LogP contribution in [-0.4, -0.2) is 89.0 Å². The zero-order chi connectivity index (χ0) is 34.2. The summed E-state index contributed by atoms with van der Waals surface area (Å²) in [6.07, 6.45) is 2.72. The number of carboxylic acids is 1. The molecule has 1 saturated heterocycles. The second kappa shape index (κ2) is 14.9. The van der Waals surface area contributed by atoms with Crippen molar-refractivity contribution in [3.05, 3.63) is 42.0 Å². The second-order valence-corrected chi connectivity index (χ2v) is 13.3. The minimum atomic E-state index is -4.54. The third-order valence-corrected chi connectivity index (χ3v) is 8.62. The number of hydrogen-bond donors (Lipinski definition) is 1. The molecule has 256 valence electrons. The van der Waals surface area contributed by atoms with Crippen LogP contribution in [-0.2, 0) is 20.4 Å². The fraction of sp³-hybridized carbons (Fsp3) is 0.515. The molecule has 0 atom stereocenters. The fourth-order valence-electron chi connectivity index (χ4n) is 6.27. The number of carboxylic acid groups (broad SMARTS) is 1. The molecule has 1 saturated carbocycles. The van der Waals surface area contributed by atoms with E-state index in [0.29, 0.717) is 91.8 Å². The van der Waals surface area contributed by atoms with E-state index in [2.05, 4.69) is 38.7 Å². The second-order valence-electron chi connectivity index (χ2n) is 13.3. The van der Waals surface area contributed by atoms with Crippen LogP contribution >= 0.6 is 0 Å². The predicted molar refractivity (Wildman–Crippen MR) is 170 cm³/mol. The van der Waals surface area contributed by atoms with Gasteiger partial charge in [0.15, 0.2) is 11.5 Å². The van der Waals surface area contributed by atoms with Gasteiger partial charge in [0.2, 0.25) is 0 Å². The molecule has 0 spiro atoms. The Hall–Kier alpha value is -3.37. The molecule has 2 fully saturated rings. The quantitative estimate of drug-likeness (QED) is 0.214. The molecule has 1 aliphatic carbocycles. The molecule has 1 aliphatic heterocycles. The standard InChI is InChI=1S/C33H39F3N8O4.Na/c1-32(2,18-47-4)17-43(3)25-12-23(20-11-22(33(34,35)36)28(39-13-20)19-5-6-19)40-31-29(25)41-30(42-31)24-14-38-26(15-37-24)44-9-7-21(8-10-44)48-16-27(45)46;/h11-15,19,21H,5-10,16-18H2,1-4H3,(H,45,46)(H,40,41,42);/q;+1/p-1. The summed E-state index contributed by atoms with van der Waals surface area (Å²) in [5, 5.41) is 10.7. The maximum Gasteiger partial charge on any atom is 1.00 e. The number of ether oxygens (including phenoxy) is 2. The van der Waals surface area contributed by atoms with Gasteiger partial charge in [0.05, 0.1) is 60.3 Å². The summed E-state index contributed by atoms with van der Waals surface area (Å²) in [7, 11) is 3.55. The number of aromatic amines is 1. The van der Waals surface area contributed by atoms with Crippen molar-refractivity contribution in [2.24, 2.45) is 5.41 Å². The molecule has 4 aromatic rings. The number of carbonyl (C=O) groups excluding carboxylic acids is 1. The first-order valence-corrected chi connectivity index (χ1v) is 15.9. The van der Waals surface area contributed by atoms with Gasteiger partial charge < -0.3 is 34.2 Å². The number of rotatable bonds is 12. The van der Waals surface area contributed by atoms with Gasteiger partial charge in [0.25, 0.3) is 0 Å². The fourth-order valence-corrected chi connectivity index (χ4v) is 6.27. The van der Waals surface area contributed by atoms with Crippen LogP contribution in [0.2, 0.25) is 0 Å². The molecular formula is C33H38F3N8NaO4. The number of nitrogens with zero attached hydrogens (tertiary/aromatic N) is 7. The number of hydrogen-bond acceptors (Lipinski definition) is 11. The van der Waals surface area contributed by atoms with E-state index in [1.54, 1.807) is 25.6 Å². The van der Waals surface area contributed by atoms with Crippen molar-refractivity contribution in [2.75, 3.05) is 56.8 Å². The number of alkyl halides is 3. The van der Waals surface area contributed by atoms with Crippen molar-refractivity contribution in [1.82, 2.24) is 29.9 Å². The molecule has 0 aromatic carbocycles. The van der Waals surface area contributed by atoms with Crippen molar-refractivity contribution >= 4 is 28.6 Å². The number of aromatic nitrogens is 6. The van der Waals surface area contributed by atoms with Crippen LogP contribution < -0.4 is 44.5 Å². The van der Waals surface area contributed by atoms with Crippen molar-refractivity contribution in [1.29, 1.82) is 0 Å². The summed E-state index contributed by atoms with van der Waals surface area (Å²) in [4.78, 5) is 41.0. The third-order valence-electron chi connectivity index (χ3n) is 8.62. The first-order chi connectivity index (χ1) is 22.8. The number of fused-ring (bicyclic) bond motifs is 1. The van der Waals surface area contributed by atoms with Crippen molar-refractivity contribution < 1.29 is 62.1 Å². The van der Waals surface area contributed by atoms with Gasteiger partial charge in [0.1, 0.15) is 17.0 Å². The average molecular weight is 691 g/mol. The molecule has 0 unspecified atom stereocenters. The topological polar surface area (TPSA) is 145 Å². The molecule has 1 N–H and O–H groups in total. The van der Waals surface area contributed by atoms with Crippen LogP contribution in [0.1, 0.15) is 56.7 Å². The normalized spacial score (nSPS) is 15.8. The number of piperidine rings is 1. The van der Waals surface area contributed by atoms with Crippen LogP contribution in [0.3, 0.4) is 0 Å². The summed E-state index contributed by atoms with van der Waals surface area (Å²) in [5.74, 6) is -0.330. The molecule has 0 radical (unpaired) electrons. The van der Waals surface area contributed by atoms with Crippen molar-refractivity contribution in [3.63, 3.8) is 0 Å². The van der Waals surface area contributed by atoms with Gasteiger partial charge >= 0.3 is 35.7 Å². The summed E-state index contributed by atoms with van der Waals surface area (Å²) in [6, 6.07) is 2.90. The van der Waals surface area contributed by atoms with Crippen LogP contribution in [0.5, 0.6) is 0 Å². The number of halogens is 3. The Morgan fingerprint density at radius 1 is 1.04 bits per heavy atom. The summed E-state index contributed by atoms with van der Waals surface area (Å²) in [5.41, 5.74) is 1.78. The zero-order valence-corrected chi connectivity index (χ0v) is 30.3. The Bertz CT molecular complexity index is 1770. The smallest absolute Gasteiger partial charge is 0.548 e. The van der Waals surface area contributed by atoms with E-state index >= 15 is 0 Å². The van der Waals surface area contributed by atoms with Gasteiger partial charge in [-0.3, -0.25) is 4.98 Å². The molecule has 12 nitrogen and oxygen atoms in total. The Balaban J connectivity index is 0.00000468. The van der Waals surface area contributed by atoms with E-state index in [-0.39, 0.29) is 58.3 Å². The zero-order valence-electron chi connectivity index (χ0n) is 28.3. The maximum absolute atomic E-state index is 14.1. The molecular weight excluding hydrogens is 652 g/mol. The summed E-state index contributed by atoms with van der Waals surface area (Å²) in [6.45, 7) is 6.05. The first-order valence-electron chi connectivity index (χ1n) is 15.9. The Morgan fingerprint density at radius 3 is 2.39 bits per heavy atom. The van der Waals surface area contributed by atoms with Gasteiger partial charge in [-0.1, -0.05) is 13.8 Å². The number of aliphatic carboxylic acids is 1. The average Bonchev–Trinajstić information content (AvgIpc) is 3.80. The number of anilines is 2. The van der Waals surface area contributed by atoms with E-state index < -0.39 is 24.3 Å². The van der Waals surface area contributed by atoms with Gasteiger partial charge in [-0.05, 0) is 37.8 Å². The number of nitrogens with one attached hydrogen (secondary N) is 1. The van der Waals surface area contributed by atoms with Crippen LogP contribution in [0.4, 0.5) is 24.7 Å². The van der Waals surface area contributed by atoms with Gasteiger partial charge in [-0.15, -0.1) is 0 Å². The van der Waals surface area contributed by atoms with E-state index in [0.717, 1.165) is 6.07 Å². The van der Waals surface area contributed by atoms with Gasteiger partial charge in [-0.2, -0.15) is 13.2 Å². The van der Waals surface area contributed by atoms with E-state index in [4.69, 9.17) is 19.4 Å². The number of methoxy groups -OCH3 is 1. The van der Waals surface area contributed by atoms with Crippen LogP contribution in [0.25, 0.3) is 33.9 Å². The Kier molecular flexibility index (Phi) is 11.2. The molecule has 0 amide bonds. The van der Waals surface area contributed by atoms with Crippen molar-refractivity contribution in [3.8, 4) is 22.8 Å². The van der Waals surface area contributed by atoms with Crippen LogP contribution in [0, 0.1) is 5.41 Å². The summed E-state index contributed by atoms with van der Waals surface area (Å²) < 4.78 is 53.2. The summed E-state index contributed by atoms with van der Waals surface area (Å²) >= 11 is 0. The maximum atomic E-state index is 14.1. The molecule has 2 aliphatic rings. The number of carbonyl (C=O) groups is 1. The predicted octanol–water partition coefficient (Wildman–Crippen LogP) is 1.22. The molecule has 0 bridgehead atoms. The molecule has 6 rings (SSSR count). The monoisotopic (exact) mass is 690 g/mol. The minimum absolute atomic E-state index is 0. The SMILES string of the molecule is COCC(C)(C)CN(C)c1cc(-c2cnc(C3CC3)c(C(F)(F)F)c2)nc2nc(-c3cnc(N4CCC(OCC(=O)[O-])CC4)cn3)[nH]c12.[Na+]. The third kappa shape index (κ3) is 8.69. The minimum Gasteiger partial charge on any atom is -0.548 e. The van der Waals surface area contributed by atoms with Gasteiger partial charge in [-0.25, -0.2) is 19.9 Å². The molecule has 4 aromatic heterocycles. The number of H-pyrrole nitrogens is 1. The van der Waals surface area contributed by atoms with E-state index in [1.165, 1.54) is 6.20 Å². The van der Waals surface area contributed by atoms with Crippen LogP contribution in [0.15, 0.2) is 30.7 Å². The molecule has 49 heavy (non-hydrogen) atoms. The van der Waals surface area contributed by atoms with E-state index in [9.17, 15) is 23.1 Å². The van der Waals surface area contributed by atoms with Gasteiger partial charge in [0, 0.05) is 56.9 Å². The van der Waals surface area contributed by atoms with Crippen molar-refractivity contribution in [2.45, 2.75) is 57.7 Å². The Labute approximate surface area is 304 Å². The van der Waals surface area contributed by atoms with E-state index in [1.807, 2.05) is 11.9 Å². The largest absolute Gasteiger partial charge is 1.00 e. The molecule has 5 heterocycles. The Morgan fingerprint density at radius 2 is 1.78 bits per heavy atom. The number of imidazole rings is 1.